The summed E-state index contributed by atoms with van der Waals surface area (Å²) in [6, 6.07) is 3.68. The number of rotatable bonds is 4. The van der Waals surface area contributed by atoms with Gasteiger partial charge in [0.05, 0.1) is 11.4 Å². The van der Waals surface area contributed by atoms with Gasteiger partial charge in [-0.05, 0) is 45.9 Å². The van der Waals surface area contributed by atoms with Gasteiger partial charge in [0.2, 0.25) is 0 Å². The molecule has 0 aromatic heterocycles. The third-order valence-corrected chi connectivity index (χ3v) is 3.71. The highest BCUT2D eigenvalue weighted by Crippen LogP contribution is 2.29. The largest absolute Gasteiger partial charge is 0.516 e. The fourth-order valence-electron chi connectivity index (χ4n) is 1.36. The van der Waals surface area contributed by atoms with Crippen LogP contribution in [0.15, 0.2) is 23.4 Å². The summed E-state index contributed by atoms with van der Waals surface area (Å²) in [6.07, 6.45) is 0. The molecule has 1 rings (SSSR count). The quantitative estimate of drug-likeness (QED) is 0.638. The number of alkyl halides is 3. The Hall–Kier alpha value is -1.48. The summed E-state index contributed by atoms with van der Waals surface area (Å²) >= 11 is 5.82. The van der Waals surface area contributed by atoms with Gasteiger partial charge in [0, 0.05) is 10.6 Å². The van der Waals surface area contributed by atoms with Crippen molar-refractivity contribution >= 4 is 33.0 Å². The predicted octanol–water partition coefficient (Wildman–Crippen LogP) is 4.14. The number of hydrogen-bond acceptors (Lipinski definition) is 4. The molecule has 0 saturated carbocycles. The molecule has 130 valence electrons. The van der Waals surface area contributed by atoms with Crippen molar-refractivity contribution in [3.8, 4) is 0 Å². The van der Waals surface area contributed by atoms with Crippen LogP contribution in [0, 0.1) is 0 Å². The van der Waals surface area contributed by atoms with Gasteiger partial charge < -0.3 is 4.84 Å². The Labute approximate surface area is 137 Å². The fraction of sp³-hybridized carbons (Fsp3) is 0.462. The lowest BCUT2D eigenvalue weighted by molar-refractivity contribution is -0.0429. The number of anilines is 1. The first kappa shape index (κ1) is 19.6. The van der Waals surface area contributed by atoms with E-state index in [2.05, 4.69) is 5.16 Å². The van der Waals surface area contributed by atoms with Crippen LogP contribution in [0.4, 0.5) is 18.9 Å². The highest BCUT2D eigenvalue weighted by molar-refractivity contribution is 7.93. The van der Waals surface area contributed by atoms with Gasteiger partial charge in [0.15, 0.2) is 0 Å². The molecular formula is C13H16ClF3N2O3S. The minimum Gasteiger partial charge on any atom is -0.390 e. The van der Waals surface area contributed by atoms with E-state index in [0.29, 0.717) is 0 Å². The zero-order chi connectivity index (χ0) is 18.1. The number of halogens is 4. The number of oxime groups is 1. The molecule has 0 bridgehead atoms. The molecule has 1 aromatic carbocycles. The zero-order valence-corrected chi connectivity index (χ0v) is 14.4. The Kier molecular flexibility index (Phi) is 5.58. The molecule has 0 heterocycles. The standard InChI is InChI=1S/C13H16ClF3N2O3S/c1-8(18-22-12(2,3)4)10-7-9(14)5-6-11(10)19-23(20,21)13(15,16)17/h5-7,19H,1-4H3. The van der Waals surface area contributed by atoms with Crippen LogP contribution in [-0.4, -0.2) is 25.2 Å². The maximum absolute atomic E-state index is 12.5. The smallest absolute Gasteiger partial charge is 0.390 e. The summed E-state index contributed by atoms with van der Waals surface area (Å²) in [5, 5.41) is 4.01. The first-order valence-electron chi connectivity index (χ1n) is 6.35. The Bertz CT molecular complexity index is 710. The monoisotopic (exact) mass is 372 g/mol. The van der Waals surface area contributed by atoms with Crippen LogP contribution in [-0.2, 0) is 14.9 Å². The van der Waals surface area contributed by atoms with E-state index < -0.39 is 21.1 Å². The third-order valence-electron chi connectivity index (χ3n) is 2.38. The van der Waals surface area contributed by atoms with E-state index in [1.165, 1.54) is 23.8 Å². The Morgan fingerprint density at radius 1 is 1.26 bits per heavy atom. The van der Waals surface area contributed by atoms with E-state index in [9.17, 15) is 21.6 Å². The molecule has 0 unspecified atom stereocenters. The van der Waals surface area contributed by atoms with Gasteiger partial charge in [-0.25, -0.2) is 0 Å². The van der Waals surface area contributed by atoms with Crippen molar-refractivity contribution in [2.24, 2.45) is 5.16 Å². The SMILES string of the molecule is CC(=NOC(C)(C)C)c1cc(Cl)ccc1NS(=O)(=O)C(F)(F)F. The Morgan fingerprint density at radius 2 is 1.83 bits per heavy atom. The molecule has 23 heavy (non-hydrogen) atoms. The van der Waals surface area contributed by atoms with Crippen molar-refractivity contribution in [3.05, 3.63) is 28.8 Å². The van der Waals surface area contributed by atoms with Crippen molar-refractivity contribution in [1.82, 2.24) is 0 Å². The van der Waals surface area contributed by atoms with E-state index in [0.717, 1.165) is 6.07 Å². The molecule has 1 aromatic rings. The molecule has 10 heteroatoms. The minimum atomic E-state index is -5.55. The van der Waals surface area contributed by atoms with Crippen LogP contribution in [0.1, 0.15) is 33.3 Å². The third kappa shape index (κ3) is 5.58. The molecule has 0 amide bonds. The van der Waals surface area contributed by atoms with Crippen LogP contribution in [0.5, 0.6) is 0 Å². The molecule has 0 aliphatic rings. The summed E-state index contributed by atoms with van der Waals surface area (Å²) in [7, 11) is -5.55. The highest BCUT2D eigenvalue weighted by Gasteiger charge is 2.46. The average Bonchev–Trinajstić information content (AvgIpc) is 2.35. The van der Waals surface area contributed by atoms with Gasteiger partial charge in [0.1, 0.15) is 5.60 Å². The van der Waals surface area contributed by atoms with E-state index in [4.69, 9.17) is 16.4 Å². The number of hydrogen-bond donors (Lipinski definition) is 1. The number of benzene rings is 1. The second-order valence-electron chi connectivity index (χ2n) is 5.62. The van der Waals surface area contributed by atoms with Crippen LogP contribution >= 0.6 is 11.6 Å². The van der Waals surface area contributed by atoms with Crippen molar-refractivity contribution < 1.29 is 26.4 Å². The van der Waals surface area contributed by atoms with Gasteiger partial charge in [-0.1, -0.05) is 16.8 Å². The van der Waals surface area contributed by atoms with Crippen LogP contribution < -0.4 is 4.72 Å². The number of nitrogens with one attached hydrogen (secondary N) is 1. The first-order valence-corrected chi connectivity index (χ1v) is 8.21. The maximum atomic E-state index is 12.5. The van der Waals surface area contributed by atoms with Crippen molar-refractivity contribution in [1.29, 1.82) is 0 Å². The van der Waals surface area contributed by atoms with E-state index >= 15 is 0 Å². The van der Waals surface area contributed by atoms with E-state index in [1.54, 1.807) is 20.8 Å². The average molecular weight is 373 g/mol. The zero-order valence-electron chi connectivity index (χ0n) is 12.8. The molecular weight excluding hydrogens is 357 g/mol. The second kappa shape index (κ2) is 6.56. The predicted molar refractivity (Wildman–Crippen MR) is 83.1 cm³/mol. The van der Waals surface area contributed by atoms with Gasteiger partial charge in [0.25, 0.3) is 0 Å². The van der Waals surface area contributed by atoms with Crippen LogP contribution in [0.2, 0.25) is 5.02 Å². The molecule has 0 spiro atoms. The van der Waals surface area contributed by atoms with Gasteiger partial charge in [-0.15, -0.1) is 0 Å². The number of nitrogens with zero attached hydrogens (tertiary/aromatic N) is 1. The summed E-state index contributed by atoms with van der Waals surface area (Å²) in [5.41, 5.74) is -6.11. The van der Waals surface area contributed by atoms with Crippen LogP contribution in [0.3, 0.4) is 0 Å². The van der Waals surface area contributed by atoms with E-state index in [1.807, 2.05) is 0 Å². The normalized spacial score (nSPS) is 13.8. The molecule has 0 fully saturated rings. The van der Waals surface area contributed by atoms with Gasteiger partial charge in [-0.3, -0.25) is 4.72 Å². The molecule has 0 atom stereocenters. The molecule has 0 aliphatic carbocycles. The summed E-state index contributed by atoms with van der Waals surface area (Å²) in [5.74, 6) is 0. The van der Waals surface area contributed by atoms with Gasteiger partial charge in [-0.2, -0.15) is 21.6 Å². The highest BCUT2D eigenvalue weighted by atomic mass is 35.5. The number of sulfonamides is 1. The molecule has 0 aliphatic heterocycles. The summed E-state index contributed by atoms with van der Waals surface area (Å²) in [4.78, 5) is 5.18. The lowest BCUT2D eigenvalue weighted by Crippen LogP contribution is -2.30. The van der Waals surface area contributed by atoms with Crippen LogP contribution in [0.25, 0.3) is 0 Å². The first-order chi connectivity index (χ1) is 10.2. The van der Waals surface area contributed by atoms with Crippen molar-refractivity contribution in [2.45, 2.75) is 38.8 Å². The second-order valence-corrected chi connectivity index (χ2v) is 7.73. The topological polar surface area (TPSA) is 67.8 Å². The lowest BCUT2D eigenvalue weighted by Gasteiger charge is -2.18. The Morgan fingerprint density at radius 3 is 2.30 bits per heavy atom. The Balaban J connectivity index is 3.27. The summed E-state index contributed by atoms with van der Waals surface area (Å²) in [6.45, 7) is 6.65. The lowest BCUT2D eigenvalue weighted by atomic mass is 10.1. The van der Waals surface area contributed by atoms with Crippen molar-refractivity contribution in [3.63, 3.8) is 0 Å². The molecule has 0 radical (unpaired) electrons. The minimum absolute atomic E-state index is 0.0783. The molecule has 1 N–H and O–H groups in total. The molecule has 5 nitrogen and oxygen atoms in total. The fourth-order valence-corrected chi connectivity index (χ4v) is 2.12. The van der Waals surface area contributed by atoms with E-state index in [-0.39, 0.29) is 22.0 Å². The summed E-state index contributed by atoms with van der Waals surface area (Å²) < 4.78 is 61.5. The van der Waals surface area contributed by atoms with Gasteiger partial charge >= 0.3 is 15.5 Å². The maximum Gasteiger partial charge on any atom is 0.516 e. The van der Waals surface area contributed by atoms with Crippen molar-refractivity contribution in [2.75, 3.05) is 4.72 Å². The molecule has 0 saturated heterocycles.